The minimum Gasteiger partial charge on any atom is -0.379 e. The number of fused-ring (bicyclic) bond motifs is 1. The number of aromatic nitrogens is 3. The molecule has 0 radical (unpaired) electrons. The van der Waals surface area contributed by atoms with Crippen molar-refractivity contribution in [2.24, 2.45) is 0 Å². The Morgan fingerprint density at radius 1 is 1.10 bits per heavy atom. The predicted octanol–water partition coefficient (Wildman–Crippen LogP) is 2.94. The average Bonchev–Trinajstić information content (AvgIpc) is 3.17. The fourth-order valence-electron chi connectivity index (χ4n) is 4.47. The third kappa shape index (κ3) is 3.95. The van der Waals surface area contributed by atoms with Crippen molar-refractivity contribution < 1.29 is 9.53 Å². The zero-order chi connectivity index (χ0) is 20.3. The Kier molecular flexibility index (Phi) is 5.70. The standard InChI is InChI=1S/C22H25N5O2S/c28-22(18-14-23-6-7-24-18)27-8-3-16(4-9-27)20-17-2-1-5-25-21(17)30-19(20)15-26-10-12-29-13-11-26/h1-2,5-7,14,16H,3-4,8-13,15H2. The van der Waals surface area contributed by atoms with E-state index in [2.05, 4.69) is 25.9 Å². The maximum atomic E-state index is 12.7. The first-order chi connectivity index (χ1) is 14.8. The van der Waals surface area contributed by atoms with Crippen LogP contribution in [-0.4, -0.2) is 70.1 Å². The van der Waals surface area contributed by atoms with Gasteiger partial charge in [0, 0.05) is 61.6 Å². The highest BCUT2D eigenvalue weighted by Crippen LogP contribution is 2.40. The van der Waals surface area contributed by atoms with Crippen LogP contribution in [0.2, 0.25) is 0 Å². The zero-order valence-electron chi connectivity index (χ0n) is 16.9. The second-order valence-corrected chi connectivity index (χ2v) is 8.92. The van der Waals surface area contributed by atoms with Gasteiger partial charge in [-0.05, 0) is 30.4 Å². The van der Waals surface area contributed by atoms with Crippen molar-refractivity contribution in [3.63, 3.8) is 0 Å². The van der Waals surface area contributed by atoms with Gasteiger partial charge in [-0.3, -0.25) is 14.7 Å². The van der Waals surface area contributed by atoms with Crippen molar-refractivity contribution in [1.82, 2.24) is 24.8 Å². The summed E-state index contributed by atoms with van der Waals surface area (Å²) >= 11 is 1.82. The molecule has 0 atom stereocenters. The molecule has 8 heteroatoms. The Balaban J connectivity index is 1.35. The lowest BCUT2D eigenvalue weighted by molar-refractivity contribution is 0.0345. The fourth-order valence-corrected chi connectivity index (χ4v) is 5.74. The second-order valence-electron chi connectivity index (χ2n) is 7.84. The molecule has 0 N–H and O–H groups in total. The SMILES string of the molecule is O=C(c1cnccn1)N1CCC(c2c(CN3CCOCC3)sc3ncccc23)CC1. The molecule has 2 aliphatic heterocycles. The average molecular weight is 424 g/mol. The highest BCUT2D eigenvalue weighted by molar-refractivity contribution is 7.18. The topological polar surface area (TPSA) is 71.5 Å². The van der Waals surface area contributed by atoms with Gasteiger partial charge in [0.1, 0.15) is 10.5 Å². The van der Waals surface area contributed by atoms with Crippen LogP contribution in [0.1, 0.15) is 39.7 Å². The van der Waals surface area contributed by atoms with Gasteiger partial charge in [-0.1, -0.05) is 6.07 Å². The number of rotatable bonds is 4. The summed E-state index contributed by atoms with van der Waals surface area (Å²) in [6.45, 7) is 6.02. The van der Waals surface area contributed by atoms with Crippen LogP contribution in [0.25, 0.3) is 10.2 Å². The molecule has 0 aliphatic carbocycles. The molecule has 0 spiro atoms. The van der Waals surface area contributed by atoms with E-state index < -0.39 is 0 Å². The van der Waals surface area contributed by atoms with E-state index in [-0.39, 0.29) is 5.91 Å². The number of hydrogen-bond acceptors (Lipinski definition) is 7. The third-order valence-corrected chi connectivity index (χ3v) is 7.14. The van der Waals surface area contributed by atoms with Gasteiger partial charge in [-0.15, -0.1) is 11.3 Å². The van der Waals surface area contributed by atoms with Gasteiger partial charge >= 0.3 is 0 Å². The molecule has 0 unspecified atom stereocenters. The maximum absolute atomic E-state index is 12.7. The van der Waals surface area contributed by atoms with Crippen molar-refractivity contribution in [1.29, 1.82) is 0 Å². The Bertz CT molecular complexity index is 1010. The first-order valence-electron chi connectivity index (χ1n) is 10.5. The number of nitrogens with zero attached hydrogens (tertiary/aromatic N) is 5. The van der Waals surface area contributed by atoms with Gasteiger partial charge in [0.05, 0.1) is 19.4 Å². The smallest absolute Gasteiger partial charge is 0.274 e. The van der Waals surface area contributed by atoms with Gasteiger partial charge in [0.15, 0.2) is 0 Å². The number of carbonyl (C=O) groups excluding carboxylic acids is 1. The number of thiophene rings is 1. The number of hydrogen-bond donors (Lipinski definition) is 0. The second kappa shape index (κ2) is 8.75. The zero-order valence-corrected chi connectivity index (χ0v) is 17.7. The highest BCUT2D eigenvalue weighted by Gasteiger charge is 2.29. The lowest BCUT2D eigenvalue weighted by Gasteiger charge is -2.33. The van der Waals surface area contributed by atoms with Crippen LogP contribution in [0.4, 0.5) is 0 Å². The van der Waals surface area contributed by atoms with Crippen molar-refractivity contribution in [3.05, 3.63) is 53.1 Å². The van der Waals surface area contributed by atoms with E-state index in [0.29, 0.717) is 11.6 Å². The Hall–Kier alpha value is -2.42. The van der Waals surface area contributed by atoms with E-state index in [1.54, 1.807) is 18.6 Å². The van der Waals surface area contributed by atoms with Crippen molar-refractivity contribution in [2.75, 3.05) is 39.4 Å². The minimum atomic E-state index is -0.0214. The molecule has 7 nitrogen and oxygen atoms in total. The van der Waals surface area contributed by atoms with Crippen LogP contribution in [0.3, 0.4) is 0 Å². The van der Waals surface area contributed by atoms with E-state index in [4.69, 9.17) is 4.74 Å². The quantitative estimate of drug-likeness (QED) is 0.643. The minimum absolute atomic E-state index is 0.0214. The van der Waals surface area contributed by atoms with E-state index in [9.17, 15) is 4.79 Å². The molecule has 0 saturated carbocycles. The van der Waals surface area contributed by atoms with Crippen LogP contribution in [0.5, 0.6) is 0 Å². The van der Waals surface area contributed by atoms with E-state index >= 15 is 0 Å². The first kappa shape index (κ1) is 19.5. The van der Waals surface area contributed by atoms with Crippen molar-refractivity contribution >= 4 is 27.5 Å². The van der Waals surface area contributed by atoms with Gasteiger partial charge in [-0.25, -0.2) is 9.97 Å². The third-order valence-electron chi connectivity index (χ3n) is 6.03. The number of morpholine rings is 1. The maximum Gasteiger partial charge on any atom is 0.274 e. The molecule has 2 aliphatic rings. The Morgan fingerprint density at radius 2 is 1.93 bits per heavy atom. The number of pyridine rings is 1. The van der Waals surface area contributed by atoms with E-state index in [1.165, 1.54) is 15.8 Å². The van der Waals surface area contributed by atoms with Gasteiger partial charge in [0.25, 0.3) is 5.91 Å². The van der Waals surface area contributed by atoms with Gasteiger partial charge < -0.3 is 9.64 Å². The number of amides is 1. The molecule has 5 rings (SSSR count). The first-order valence-corrected chi connectivity index (χ1v) is 11.3. The molecule has 2 saturated heterocycles. The summed E-state index contributed by atoms with van der Waals surface area (Å²) in [6, 6.07) is 4.23. The van der Waals surface area contributed by atoms with Crippen LogP contribution >= 0.6 is 11.3 Å². The normalized spacial score (nSPS) is 18.7. The molecular formula is C22H25N5O2S. The van der Waals surface area contributed by atoms with Crippen molar-refractivity contribution in [3.8, 4) is 0 Å². The summed E-state index contributed by atoms with van der Waals surface area (Å²) in [6.07, 6.45) is 8.51. The highest BCUT2D eigenvalue weighted by atomic mass is 32.1. The summed E-state index contributed by atoms with van der Waals surface area (Å²) in [5.74, 6) is 0.428. The monoisotopic (exact) mass is 423 g/mol. The van der Waals surface area contributed by atoms with Gasteiger partial charge in [-0.2, -0.15) is 0 Å². The number of piperidine rings is 1. The van der Waals surface area contributed by atoms with E-state index in [0.717, 1.165) is 63.6 Å². The molecule has 0 bridgehead atoms. The lowest BCUT2D eigenvalue weighted by atomic mass is 9.87. The van der Waals surface area contributed by atoms with Crippen LogP contribution in [-0.2, 0) is 11.3 Å². The Labute approximate surface area is 179 Å². The molecule has 30 heavy (non-hydrogen) atoms. The summed E-state index contributed by atoms with van der Waals surface area (Å²) in [4.78, 5) is 32.5. The lowest BCUT2D eigenvalue weighted by Crippen LogP contribution is -2.38. The van der Waals surface area contributed by atoms with Crippen LogP contribution < -0.4 is 0 Å². The summed E-state index contributed by atoms with van der Waals surface area (Å²) < 4.78 is 5.52. The number of ether oxygens (including phenoxy) is 1. The fraction of sp³-hybridized carbons (Fsp3) is 0.455. The molecule has 0 aromatic carbocycles. The molecule has 3 aromatic heterocycles. The number of likely N-dealkylation sites (tertiary alicyclic amines) is 1. The van der Waals surface area contributed by atoms with E-state index in [1.807, 2.05) is 28.5 Å². The molecule has 156 valence electrons. The summed E-state index contributed by atoms with van der Waals surface area (Å²) in [5, 5.41) is 1.28. The summed E-state index contributed by atoms with van der Waals surface area (Å²) in [5.41, 5.74) is 1.87. The molecule has 1 amide bonds. The summed E-state index contributed by atoms with van der Waals surface area (Å²) in [7, 11) is 0. The predicted molar refractivity (Wildman–Crippen MR) is 116 cm³/mol. The van der Waals surface area contributed by atoms with Crippen molar-refractivity contribution in [2.45, 2.75) is 25.3 Å². The molecule has 2 fully saturated rings. The Morgan fingerprint density at radius 3 is 2.70 bits per heavy atom. The molecular weight excluding hydrogens is 398 g/mol. The largest absolute Gasteiger partial charge is 0.379 e. The van der Waals surface area contributed by atoms with Crippen LogP contribution in [0.15, 0.2) is 36.9 Å². The van der Waals surface area contributed by atoms with Gasteiger partial charge in [0.2, 0.25) is 0 Å². The van der Waals surface area contributed by atoms with Crippen LogP contribution in [0, 0.1) is 0 Å². The molecule has 5 heterocycles. The molecule has 3 aromatic rings. The number of carbonyl (C=O) groups is 1.